The summed E-state index contributed by atoms with van der Waals surface area (Å²) in [5.74, 6) is -1.38. The SMILES string of the molecule is C=C(CCNC(=O)c1ncccc1CO)NC(=O)COc1ccc(Cl)c(F)c1. The lowest BCUT2D eigenvalue weighted by Gasteiger charge is -2.11. The number of carbonyl (C=O) groups excluding carboxylic acids is 2. The van der Waals surface area contributed by atoms with Crippen molar-refractivity contribution in [1.29, 1.82) is 0 Å². The van der Waals surface area contributed by atoms with Crippen molar-refractivity contribution in [2.75, 3.05) is 13.2 Å². The fourth-order valence-electron chi connectivity index (χ4n) is 2.19. The Morgan fingerprint density at radius 1 is 1.32 bits per heavy atom. The number of ether oxygens (including phenoxy) is 1. The van der Waals surface area contributed by atoms with E-state index in [2.05, 4.69) is 22.2 Å². The molecule has 0 atom stereocenters. The molecule has 9 heteroatoms. The molecule has 0 aliphatic heterocycles. The van der Waals surface area contributed by atoms with E-state index in [1.54, 1.807) is 12.1 Å². The van der Waals surface area contributed by atoms with Gasteiger partial charge in [-0.3, -0.25) is 14.6 Å². The number of halogens is 2. The van der Waals surface area contributed by atoms with Gasteiger partial charge in [-0.2, -0.15) is 0 Å². The molecule has 2 rings (SSSR count). The summed E-state index contributed by atoms with van der Waals surface area (Å²) in [4.78, 5) is 27.9. The monoisotopic (exact) mass is 407 g/mol. The lowest BCUT2D eigenvalue weighted by Crippen LogP contribution is -2.31. The van der Waals surface area contributed by atoms with Crippen LogP contribution in [0.4, 0.5) is 4.39 Å². The third-order valence-corrected chi connectivity index (χ3v) is 3.87. The zero-order valence-electron chi connectivity index (χ0n) is 14.9. The molecule has 0 saturated heterocycles. The zero-order valence-corrected chi connectivity index (χ0v) is 15.6. The van der Waals surface area contributed by atoms with Crippen LogP contribution in [-0.2, 0) is 11.4 Å². The minimum Gasteiger partial charge on any atom is -0.484 e. The highest BCUT2D eigenvalue weighted by molar-refractivity contribution is 6.30. The highest BCUT2D eigenvalue weighted by atomic mass is 35.5. The van der Waals surface area contributed by atoms with Crippen molar-refractivity contribution in [3.8, 4) is 5.75 Å². The van der Waals surface area contributed by atoms with Gasteiger partial charge in [0, 0.05) is 36.5 Å². The molecule has 0 radical (unpaired) electrons. The number of aromatic nitrogens is 1. The number of aliphatic hydroxyl groups excluding tert-OH is 1. The number of hydrogen-bond acceptors (Lipinski definition) is 5. The van der Waals surface area contributed by atoms with E-state index in [0.717, 1.165) is 6.07 Å². The molecule has 2 amide bonds. The van der Waals surface area contributed by atoms with Crippen molar-refractivity contribution in [2.45, 2.75) is 13.0 Å². The number of aliphatic hydroxyl groups is 1. The van der Waals surface area contributed by atoms with Crippen LogP contribution in [0.15, 0.2) is 48.8 Å². The first-order valence-corrected chi connectivity index (χ1v) is 8.67. The van der Waals surface area contributed by atoms with E-state index in [-0.39, 0.29) is 42.6 Å². The Kier molecular flexibility index (Phi) is 7.91. The predicted octanol–water partition coefficient (Wildman–Crippen LogP) is 2.20. The van der Waals surface area contributed by atoms with Gasteiger partial charge in [0.15, 0.2) is 6.61 Å². The second kappa shape index (κ2) is 10.4. The van der Waals surface area contributed by atoms with Crippen molar-refractivity contribution in [1.82, 2.24) is 15.6 Å². The van der Waals surface area contributed by atoms with Gasteiger partial charge in [0.05, 0.1) is 11.6 Å². The van der Waals surface area contributed by atoms with Crippen LogP contribution < -0.4 is 15.4 Å². The number of nitrogens with zero attached hydrogens (tertiary/aromatic N) is 1. The Hall–Kier alpha value is -2.97. The molecule has 148 valence electrons. The van der Waals surface area contributed by atoms with E-state index < -0.39 is 17.6 Å². The first kappa shape index (κ1) is 21.3. The highest BCUT2D eigenvalue weighted by Crippen LogP contribution is 2.20. The number of amides is 2. The van der Waals surface area contributed by atoms with Crippen molar-refractivity contribution < 1.29 is 23.8 Å². The number of carbonyl (C=O) groups is 2. The Balaban J connectivity index is 1.72. The molecular formula is C19H19ClFN3O4. The van der Waals surface area contributed by atoms with Gasteiger partial charge in [0.1, 0.15) is 17.3 Å². The second-order valence-electron chi connectivity index (χ2n) is 5.69. The zero-order chi connectivity index (χ0) is 20.5. The maximum Gasteiger partial charge on any atom is 0.270 e. The summed E-state index contributed by atoms with van der Waals surface area (Å²) in [6.45, 7) is 3.29. The van der Waals surface area contributed by atoms with Crippen LogP contribution in [0.2, 0.25) is 5.02 Å². The molecule has 7 nitrogen and oxygen atoms in total. The fraction of sp³-hybridized carbons (Fsp3) is 0.211. The van der Waals surface area contributed by atoms with Crippen molar-refractivity contribution in [2.24, 2.45) is 0 Å². The lowest BCUT2D eigenvalue weighted by molar-refractivity contribution is -0.122. The minimum atomic E-state index is -0.642. The number of hydrogen-bond donors (Lipinski definition) is 3. The van der Waals surface area contributed by atoms with Crippen LogP contribution >= 0.6 is 11.6 Å². The van der Waals surface area contributed by atoms with Crippen LogP contribution in [0.25, 0.3) is 0 Å². The molecule has 0 aliphatic rings. The quantitative estimate of drug-likeness (QED) is 0.591. The third-order valence-electron chi connectivity index (χ3n) is 3.57. The summed E-state index contributed by atoms with van der Waals surface area (Å²) < 4.78 is 18.5. The minimum absolute atomic E-state index is 0.0379. The summed E-state index contributed by atoms with van der Waals surface area (Å²) in [5.41, 5.74) is 0.936. The Morgan fingerprint density at radius 3 is 2.82 bits per heavy atom. The molecule has 1 aromatic heterocycles. The van der Waals surface area contributed by atoms with E-state index in [1.807, 2.05) is 0 Å². The molecule has 0 saturated carbocycles. The molecule has 0 aliphatic carbocycles. The van der Waals surface area contributed by atoms with E-state index >= 15 is 0 Å². The lowest BCUT2D eigenvalue weighted by atomic mass is 10.2. The maximum absolute atomic E-state index is 13.3. The third kappa shape index (κ3) is 6.33. The first-order valence-electron chi connectivity index (χ1n) is 8.29. The average molecular weight is 408 g/mol. The van der Waals surface area contributed by atoms with Crippen LogP contribution in [-0.4, -0.2) is 35.1 Å². The molecule has 0 unspecified atom stereocenters. The van der Waals surface area contributed by atoms with Gasteiger partial charge >= 0.3 is 0 Å². The van der Waals surface area contributed by atoms with Gasteiger partial charge in [0.2, 0.25) is 0 Å². The topological polar surface area (TPSA) is 101 Å². The standard InChI is InChI=1S/C19H19ClFN3O4/c1-12(6-8-23-19(27)18-13(10-25)3-2-7-22-18)24-17(26)11-28-14-4-5-15(20)16(21)9-14/h2-5,7,9,25H,1,6,8,10-11H2,(H,23,27)(H,24,26). The molecule has 0 fully saturated rings. The van der Waals surface area contributed by atoms with Crippen LogP contribution in [0, 0.1) is 5.82 Å². The number of benzene rings is 1. The molecular weight excluding hydrogens is 389 g/mol. The fourth-order valence-corrected chi connectivity index (χ4v) is 2.31. The number of nitrogens with one attached hydrogen (secondary N) is 2. The second-order valence-corrected chi connectivity index (χ2v) is 6.10. The maximum atomic E-state index is 13.3. The predicted molar refractivity (Wildman–Crippen MR) is 101 cm³/mol. The van der Waals surface area contributed by atoms with Crippen LogP contribution in [0.3, 0.4) is 0 Å². The summed E-state index contributed by atoms with van der Waals surface area (Å²) in [6, 6.07) is 7.09. The molecule has 1 heterocycles. The average Bonchev–Trinajstić information content (AvgIpc) is 2.68. The van der Waals surface area contributed by atoms with Gasteiger partial charge in [0.25, 0.3) is 11.8 Å². The molecule has 0 spiro atoms. The van der Waals surface area contributed by atoms with Crippen LogP contribution in [0.5, 0.6) is 5.75 Å². The van der Waals surface area contributed by atoms with E-state index in [4.69, 9.17) is 16.3 Å². The van der Waals surface area contributed by atoms with Crippen molar-refractivity contribution >= 4 is 23.4 Å². The highest BCUT2D eigenvalue weighted by Gasteiger charge is 2.12. The Bertz CT molecular complexity index is 876. The summed E-state index contributed by atoms with van der Waals surface area (Å²) in [7, 11) is 0. The van der Waals surface area contributed by atoms with Gasteiger partial charge in [-0.15, -0.1) is 0 Å². The summed E-state index contributed by atoms with van der Waals surface area (Å²) in [6.07, 6.45) is 1.74. The molecule has 28 heavy (non-hydrogen) atoms. The number of rotatable bonds is 9. The van der Waals surface area contributed by atoms with Gasteiger partial charge in [-0.1, -0.05) is 24.2 Å². The summed E-state index contributed by atoms with van der Waals surface area (Å²) >= 11 is 5.57. The molecule has 1 aromatic carbocycles. The van der Waals surface area contributed by atoms with Gasteiger partial charge < -0.3 is 20.5 Å². The van der Waals surface area contributed by atoms with E-state index in [0.29, 0.717) is 11.3 Å². The Morgan fingerprint density at radius 2 is 2.11 bits per heavy atom. The molecule has 2 aromatic rings. The normalized spacial score (nSPS) is 10.2. The summed E-state index contributed by atoms with van der Waals surface area (Å²) in [5, 5.41) is 14.3. The van der Waals surface area contributed by atoms with E-state index in [9.17, 15) is 19.1 Å². The first-order chi connectivity index (χ1) is 13.4. The smallest absolute Gasteiger partial charge is 0.270 e. The largest absolute Gasteiger partial charge is 0.484 e. The van der Waals surface area contributed by atoms with Gasteiger partial charge in [-0.05, 0) is 18.2 Å². The van der Waals surface area contributed by atoms with Crippen LogP contribution in [0.1, 0.15) is 22.5 Å². The van der Waals surface area contributed by atoms with Crippen molar-refractivity contribution in [3.05, 3.63) is 70.9 Å². The number of pyridine rings is 1. The molecule has 0 bridgehead atoms. The molecule has 3 N–H and O–H groups in total. The van der Waals surface area contributed by atoms with Crippen molar-refractivity contribution in [3.63, 3.8) is 0 Å². The Labute approximate surface area is 166 Å². The van der Waals surface area contributed by atoms with E-state index in [1.165, 1.54) is 18.3 Å². The van der Waals surface area contributed by atoms with Gasteiger partial charge in [-0.25, -0.2) is 4.39 Å².